The predicted molar refractivity (Wildman–Crippen MR) is 144 cm³/mol. The maximum atomic E-state index is 13.1. The monoisotopic (exact) mass is 531 g/mol. The van der Waals surface area contributed by atoms with Gasteiger partial charge in [0.1, 0.15) is 23.4 Å². The number of nitrogens with two attached hydrogens (primary N) is 1. The molecule has 1 aliphatic heterocycles. The van der Waals surface area contributed by atoms with Crippen molar-refractivity contribution in [1.82, 2.24) is 15.5 Å². The standard InChI is InChI=1S/C28H29N5O4S/c1-16-22(26(29)30)13-21(38-16)14-31-28(36)24-12-18-11-23(18)33(24)25(34)15-32-27(35)17-7-9-20(10-8-17)37-19-5-3-2-4-6-19/h2-10,13,18,23-24H,11-12,14-15H2,1H3,(H3,29,30)(H,31,36)(H,32,35). The first kappa shape index (κ1) is 25.5. The Balaban J connectivity index is 1.14. The third-order valence-corrected chi connectivity index (χ3v) is 7.94. The van der Waals surface area contributed by atoms with Gasteiger partial charge in [-0.15, -0.1) is 11.3 Å². The molecule has 2 aliphatic rings. The predicted octanol–water partition coefficient (Wildman–Crippen LogP) is 3.17. The molecule has 2 aromatic carbocycles. The zero-order chi connectivity index (χ0) is 26.8. The average Bonchev–Trinajstić information content (AvgIpc) is 3.40. The van der Waals surface area contributed by atoms with Crippen LogP contribution in [0, 0.1) is 18.3 Å². The van der Waals surface area contributed by atoms with Gasteiger partial charge in [0.2, 0.25) is 11.8 Å². The Morgan fingerprint density at radius 3 is 2.45 bits per heavy atom. The highest BCUT2D eigenvalue weighted by Gasteiger charge is 2.55. The Morgan fingerprint density at radius 1 is 1.05 bits per heavy atom. The summed E-state index contributed by atoms with van der Waals surface area (Å²) in [7, 11) is 0. The van der Waals surface area contributed by atoms with E-state index in [1.165, 1.54) is 11.3 Å². The maximum absolute atomic E-state index is 13.1. The summed E-state index contributed by atoms with van der Waals surface area (Å²) in [6.45, 7) is 2.02. The summed E-state index contributed by atoms with van der Waals surface area (Å²) in [5, 5.41) is 13.3. The first-order chi connectivity index (χ1) is 18.3. The van der Waals surface area contributed by atoms with Crippen LogP contribution < -0.4 is 21.1 Å². The van der Waals surface area contributed by atoms with Gasteiger partial charge in [0.05, 0.1) is 13.1 Å². The van der Waals surface area contributed by atoms with Gasteiger partial charge in [-0.3, -0.25) is 19.8 Å². The summed E-state index contributed by atoms with van der Waals surface area (Å²) in [4.78, 5) is 42.2. The van der Waals surface area contributed by atoms with Crippen LogP contribution in [0.5, 0.6) is 11.5 Å². The van der Waals surface area contributed by atoms with E-state index in [1.54, 1.807) is 29.2 Å². The van der Waals surface area contributed by atoms with Crippen LogP contribution in [0.4, 0.5) is 0 Å². The normalized spacial score (nSPS) is 19.4. The highest BCUT2D eigenvalue weighted by molar-refractivity contribution is 7.12. The highest BCUT2D eigenvalue weighted by atomic mass is 32.1. The Labute approximate surface area is 224 Å². The molecular weight excluding hydrogens is 502 g/mol. The molecule has 1 saturated carbocycles. The van der Waals surface area contributed by atoms with Crippen LogP contribution in [0.15, 0.2) is 60.7 Å². The third-order valence-electron chi connectivity index (χ3n) is 6.89. The van der Waals surface area contributed by atoms with Crippen LogP contribution in [-0.4, -0.2) is 47.1 Å². The minimum Gasteiger partial charge on any atom is -0.457 e. The molecule has 10 heteroatoms. The number of aryl methyl sites for hydroxylation is 1. The van der Waals surface area contributed by atoms with Gasteiger partial charge in [-0.25, -0.2) is 0 Å². The van der Waals surface area contributed by atoms with Gasteiger partial charge >= 0.3 is 0 Å². The van der Waals surface area contributed by atoms with Gasteiger partial charge in [-0.1, -0.05) is 18.2 Å². The molecule has 2 fully saturated rings. The summed E-state index contributed by atoms with van der Waals surface area (Å²) in [6.07, 6.45) is 1.51. The number of nitrogens with zero attached hydrogens (tertiary/aromatic N) is 1. The summed E-state index contributed by atoms with van der Waals surface area (Å²) in [6, 6.07) is 17.4. The number of amides is 3. The maximum Gasteiger partial charge on any atom is 0.251 e. The third kappa shape index (κ3) is 5.55. The van der Waals surface area contributed by atoms with Gasteiger partial charge in [-0.2, -0.15) is 0 Å². The lowest BCUT2D eigenvalue weighted by Gasteiger charge is -2.27. The molecule has 3 atom stereocenters. The fourth-order valence-corrected chi connectivity index (χ4v) is 5.88. The number of fused-ring (bicyclic) bond motifs is 1. The Bertz CT molecular complexity index is 1370. The van der Waals surface area contributed by atoms with E-state index >= 15 is 0 Å². The SMILES string of the molecule is Cc1sc(CNC(=O)C2CC3CC3N2C(=O)CNC(=O)c2ccc(Oc3ccccc3)cc2)cc1C(=N)N. The molecule has 3 amide bonds. The number of hydrogen-bond acceptors (Lipinski definition) is 6. The minimum atomic E-state index is -0.550. The molecule has 196 valence electrons. The molecule has 5 N–H and O–H groups in total. The number of piperidine rings is 1. The number of nitrogens with one attached hydrogen (secondary N) is 3. The fourth-order valence-electron chi connectivity index (χ4n) is 4.89. The van der Waals surface area contributed by atoms with Crippen LogP contribution in [0.1, 0.15) is 38.5 Å². The van der Waals surface area contributed by atoms with Crippen molar-refractivity contribution in [3.05, 3.63) is 81.5 Å². The van der Waals surface area contributed by atoms with Crippen molar-refractivity contribution in [2.45, 2.75) is 38.4 Å². The summed E-state index contributed by atoms with van der Waals surface area (Å²) in [5.74, 6) is 0.790. The first-order valence-corrected chi connectivity index (χ1v) is 13.3. The van der Waals surface area contributed by atoms with Crippen molar-refractivity contribution in [3.63, 3.8) is 0 Å². The second-order valence-corrected chi connectivity index (χ2v) is 10.9. The number of thiophene rings is 1. The summed E-state index contributed by atoms with van der Waals surface area (Å²) < 4.78 is 5.75. The quantitative estimate of drug-likeness (QED) is 0.248. The minimum absolute atomic E-state index is 0.00230. The average molecular weight is 532 g/mol. The number of hydrogen-bond donors (Lipinski definition) is 4. The second kappa shape index (κ2) is 10.7. The van der Waals surface area contributed by atoms with Gasteiger partial charge < -0.3 is 26.0 Å². The number of nitrogen functional groups attached to an aromatic ring is 1. The lowest BCUT2D eigenvalue weighted by Crippen LogP contribution is -2.50. The van der Waals surface area contributed by atoms with Crippen LogP contribution in [-0.2, 0) is 16.1 Å². The lowest BCUT2D eigenvalue weighted by atomic mass is 10.1. The molecule has 0 bridgehead atoms. The van der Waals surface area contributed by atoms with E-state index in [0.717, 1.165) is 16.2 Å². The van der Waals surface area contributed by atoms with Gasteiger partial charge in [0.25, 0.3) is 5.91 Å². The Morgan fingerprint density at radius 2 is 1.76 bits per heavy atom. The molecule has 1 aromatic heterocycles. The van der Waals surface area contributed by atoms with Crippen LogP contribution >= 0.6 is 11.3 Å². The summed E-state index contributed by atoms with van der Waals surface area (Å²) >= 11 is 1.48. The first-order valence-electron chi connectivity index (χ1n) is 12.4. The molecule has 0 spiro atoms. The van der Waals surface area contributed by atoms with Crippen molar-refractivity contribution in [2.24, 2.45) is 11.7 Å². The van der Waals surface area contributed by atoms with Crippen LogP contribution in [0.25, 0.3) is 0 Å². The van der Waals surface area contributed by atoms with E-state index in [1.807, 2.05) is 43.3 Å². The number of ether oxygens (including phenoxy) is 1. The van der Waals surface area contributed by atoms with Crippen LogP contribution in [0.2, 0.25) is 0 Å². The molecule has 9 nitrogen and oxygen atoms in total. The molecule has 1 aliphatic carbocycles. The van der Waals surface area contributed by atoms with Crippen molar-refractivity contribution < 1.29 is 19.1 Å². The molecular formula is C28H29N5O4S. The number of rotatable bonds is 9. The van der Waals surface area contributed by atoms with Crippen molar-refractivity contribution >= 4 is 34.9 Å². The molecule has 0 radical (unpaired) electrons. The number of carbonyl (C=O) groups excluding carboxylic acids is 3. The second-order valence-electron chi connectivity index (χ2n) is 9.55. The number of amidine groups is 1. The number of carbonyl (C=O) groups is 3. The molecule has 5 rings (SSSR count). The summed E-state index contributed by atoms with van der Waals surface area (Å²) in [5.41, 5.74) is 6.68. The van der Waals surface area contributed by atoms with E-state index < -0.39 is 6.04 Å². The van der Waals surface area contributed by atoms with Crippen molar-refractivity contribution in [2.75, 3.05) is 6.54 Å². The molecule has 3 aromatic rings. The zero-order valence-electron chi connectivity index (χ0n) is 20.9. The van der Waals surface area contributed by atoms with Gasteiger partial charge in [0, 0.05) is 26.9 Å². The van der Waals surface area contributed by atoms with E-state index in [2.05, 4.69) is 10.6 Å². The number of likely N-dealkylation sites (tertiary alicyclic amines) is 1. The fraction of sp³-hybridized carbons (Fsp3) is 0.286. The number of benzene rings is 2. The van der Waals surface area contributed by atoms with E-state index in [4.69, 9.17) is 15.9 Å². The lowest BCUT2D eigenvalue weighted by molar-refractivity contribution is -0.139. The Hall–Kier alpha value is -4.18. The van der Waals surface area contributed by atoms with E-state index in [9.17, 15) is 14.4 Å². The molecule has 2 heterocycles. The smallest absolute Gasteiger partial charge is 0.251 e. The Kier molecular flexibility index (Phi) is 7.15. The number of para-hydroxylation sites is 1. The van der Waals surface area contributed by atoms with E-state index in [0.29, 0.717) is 41.5 Å². The van der Waals surface area contributed by atoms with Crippen LogP contribution in [0.3, 0.4) is 0 Å². The highest BCUT2D eigenvalue weighted by Crippen LogP contribution is 2.47. The van der Waals surface area contributed by atoms with Crippen molar-refractivity contribution in [1.29, 1.82) is 5.41 Å². The van der Waals surface area contributed by atoms with E-state index in [-0.39, 0.29) is 36.1 Å². The largest absolute Gasteiger partial charge is 0.457 e. The topological polar surface area (TPSA) is 138 Å². The zero-order valence-corrected chi connectivity index (χ0v) is 21.7. The molecule has 1 saturated heterocycles. The molecule has 38 heavy (non-hydrogen) atoms. The van der Waals surface area contributed by atoms with Gasteiger partial charge in [0.15, 0.2) is 0 Å². The van der Waals surface area contributed by atoms with Crippen molar-refractivity contribution in [3.8, 4) is 11.5 Å². The molecule has 3 unspecified atom stereocenters. The van der Waals surface area contributed by atoms with Gasteiger partial charge in [-0.05, 0) is 68.1 Å².